The van der Waals surface area contributed by atoms with Crippen LogP contribution in [0.5, 0.6) is 0 Å². The van der Waals surface area contributed by atoms with Gasteiger partial charge in [-0.2, -0.15) is 0 Å². The van der Waals surface area contributed by atoms with Crippen LogP contribution in [0, 0.1) is 12.8 Å². The lowest BCUT2D eigenvalue weighted by molar-refractivity contribution is -0.125. The second-order valence-corrected chi connectivity index (χ2v) is 6.63. The Balaban J connectivity index is 1.80. The molecular formula is C20H24ClN3O2. The number of rotatable bonds is 7. The molecule has 0 aliphatic rings. The van der Waals surface area contributed by atoms with Crippen LogP contribution >= 0.6 is 11.6 Å². The molecule has 0 radical (unpaired) electrons. The molecule has 2 aromatic carbocycles. The van der Waals surface area contributed by atoms with E-state index in [2.05, 4.69) is 10.6 Å². The number of carbonyl (C=O) groups is 2. The number of nitrogens with two attached hydrogens (primary N) is 1. The third kappa shape index (κ3) is 5.31. The number of carbonyl (C=O) groups excluding carboxylic acids is 2. The first-order valence-corrected chi connectivity index (χ1v) is 8.91. The summed E-state index contributed by atoms with van der Waals surface area (Å²) >= 11 is 6.04. The maximum atomic E-state index is 12.3. The molecule has 0 saturated carbocycles. The zero-order chi connectivity index (χ0) is 19.1. The van der Waals surface area contributed by atoms with Crippen LogP contribution in [0.2, 0.25) is 5.02 Å². The van der Waals surface area contributed by atoms with Crippen LogP contribution in [0.15, 0.2) is 48.5 Å². The van der Waals surface area contributed by atoms with E-state index in [4.69, 9.17) is 17.3 Å². The van der Waals surface area contributed by atoms with Gasteiger partial charge in [-0.25, -0.2) is 0 Å². The summed E-state index contributed by atoms with van der Waals surface area (Å²) in [6.45, 7) is 3.87. The Bertz CT molecular complexity index is 765. The number of anilines is 1. The number of hydrogen-bond donors (Lipinski definition) is 3. The summed E-state index contributed by atoms with van der Waals surface area (Å²) in [6, 6.07) is 14.4. The molecule has 0 heterocycles. The molecule has 2 rings (SSSR count). The Labute approximate surface area is 158 Å². The molecule has 138 valence electrons. The molecule has 0 aromatic heterocycles. The van der Waals surface area contributed by atoms with Gasteiger partial charge in [0.2, 0.25) is 11.8 Å². The fraction of sp³-hybridized carbons (Fsp3) is 0.300. The first-order chi connectivity index (χ1) is 12.4. The predicted octanol–water partition coefficient (Wildman–Crippen LogP) is 3.43. The van der Waals surface area contributed by atoms with E-state index < -0.39 is 5.92 Å². The minimum Gasteiger partial charge on any atom is -0.355 e. The van der Waals surface area contributed by atoms with E-state index in [1.165, 1.54) is 0 Å². The number of nitrogens with one attached hydrogen (secondary N) is 2. The molecule has 0 aliphatic carbocycles. The van der Waals surface area contributed by atoms with Crippen molar-refractivity contribution in [1.82, 2.24) is 5.32 Å². The molecule has 0 spiro atoms. The SMILES string of the molecule is Cc1c(Cl)cccc1NC(=O)CCNC(=O)C(C)C(N)c1ccccc1. The van der Waals surface area contributed by atoms with Crippen molar-refractivity contribution in [3.8, 4) is 0 Å². The highest BCUT2D eigenvalue weighted by Gasteiger charge is 2.21. The Morgan fingerprint density at radius 1 is 1.12 bits per heavy atom. The van der Waals surface area contributed by atoms with Gasteiger partial charge in [-0.05, 0) is 30.2 Å². The lowest BCUT2D eigenvalue weighted by Gasteiger charge is -2.19. The maximum Gasteiger partial charge on any atom is 0.226 e. The van der Waals surface area contributed by atoms with Gasteiger partial charge in [0.1, 0.15) is 0 Å². The third-order valence-corrected chi connectivity index (χ3v) is 4.74. The minimum atomic E-state index is -0.393. The fourth-order valence-corrected chi connectivity index (χ4v) is 2.72. The number of hydrogen-bond acceptors (Lipinski definition) is 3. The van der Waals surface area contributed by atoms with Crippen molar-refractivity contribution in [2.45, 2.75) is 26.3 Å². The molecule has 5 nitrogen and oxygen atoms in total. The first-order valence-electron chi connectivity index (χ1n) is 8.53. The number of benzene rings is 2. The average Bonchev–Trinajstić information content (AvgIpc) is 2.65. The van der Waals surface area contributed by atoms with E-state index in [0.717, 1.165) is 11.1 Å². The van der Waals surface area contributed by atoms with Crippen LogP contribution in [-0.2, 0) is 9.59 Å². The van der Waals surface area contributed by atoms with Gasteiger partial charge < -0.3 is 16.4 Å². The summed E-state index contributed by atoms with van der Waals surface area (Å²) < 4.78 is 0. The quantitative estimate of drug-likeness (QED) is 0.695. The molecule has 0 bridgehead atoms. The van der Waals surface area contributed by atoms with Crippen LogP contribution in [0.3, 0.4) is 0 Å². The van der Waals surface area contributed by atoms with Crippen molar-refractivity contribution >= 4 is 29.1 Å². The topological polar surface area (TPSA) is 84.2 Å². The second-order valence-electron chi connectivity index (χ2n) is 6.23. The zero-order valence-corrected chi connectivity index (χ0v) is 15.7. The summed E-state index contributed by atoms with van der Waals surface area (Å²) in [5.41, 5.74) is 8.55. The molecule has 2 aromatic rings. The van der Waals surface area contributed by atoms with E-state index in [-0.39, 0.29) is 30.8 Å². The number of halogens is 1. The van der Waals surface area contributed by atoms with Crippen molar-refractivity contribution < 1.29 is 9.59 Å². The van der Waals surface area contributed by atoms with E-state index in [1.54, 1.807) is 25.1 Å². The Kier molecular flexibility index (Phi) is 7.18. The summed E-state index contributed by atoms with van der Waals surface area (Å²) in [7, 11) is 0. The summed E-state index contributed by atoms with van der Waals surface area (Å²) in [5, 5.41) is 6.17. The van der Waals surface area contributed by atoms with Gasteiger partial charge in [-0.3, -0.25) is 9.59 Å². The Morgan fingerprint density at radius 3 is 2.50 bits per heavy atom. The van der Waals surface area contributed by atoms with Crippen molar-refractivity contribution in [1.29, 1.82) is 0 Å². The lowest BCUT2D eigenvalue weighted by Crippen LogP contribution is -2.37. The van der Waals surface area contributed by atoms with Gasteiger partial charge in [-0.1, -0.05) is 54.9 Å². The third-order valence-electron chi connectivity index (χ3n) is 4.33. The molecule has 0 fully saturated rings. The molecule has 4 N–H and O–H groups in total. The zero-order valence-electron chi connectivity index (χ0n) is 15.0. The summed E-state index contributed by atoms with van der Waals surface area (Å²) in [6.07, 6.45) is 0.172. The van der Waals surface area contributed by atoms with E-state index in [9.17, 15) is 9.59 Å². The van der Waals surface area contributed by atoms with Gasteiger partial charge in [0.05, 0.1) is 5.92 Å². The van der Waals surface area contributed by atoms with Gasteiger partial charge in [0.15, 0.2) is 0 Å². The van der Waals surface area contributed by atoms with Gasteiger partial charge in [-0.15, -0.1) is 0 Å². The maximum absolute atomic E-state index is 12.3. The van der Waals surface area contributed by atoms with Crippen LogP contribution in [0.4, 0.5) is 5.69 Å². The van der Waals surface area contributed by atoms with Crippen LogP contribution in [-0.4, -0.2) is 18.4 Å². The highest BCUT2D eigenvalue weighted by atomic mass is 35.5. The Morgan fingerprint density at radius 2 is 1.81 bits per heavy atom. The molecule has 2 unspecified atom stereocenters. The van der Waals surface area contributed by atoms with Crippen LogP contribution in [0.1, 0.15) is 30.5 Å². The lowest BCUT2D eigenvalue weighted by atomic mass is 9.95. The molecular weight excluding hydrogens is 350 g/mol. The number of amides is 2. The predicted molar refractivity (Wildman–Crippen MR) is 105 cm³/mol. The highest BCUT2D eigenvalue weighted by Crippen LogP contribution is 2.23. The van der Waals surface area contributed by atoms with Gasteiger partial charge in [0, 0.05) is 29.7 Å². The van der Waals surface area contributed by atoms with Crippen molar-refractivity contribution in [3.63, 3.8) is 0 Å². The fourth-order valence-electron chi connectivity index (χ4n) is 2.54. The second kappa shape index (κ2) is 9.36. The van der Waals surface area contributed by atoms with Crippen molar-refractivity contribution in [2.75, 3.05) is 11.9 Å². The van der Waals surface area contributed by atoms with Crippen LogP contribution in [0.25, 0.3) is 0 Å². The van der Waals surface area contributed by atoms with Crippen molar-refractivity contribution in [2.24, 2.45) is 11.7 Å². The largest absolute Gasteiger partial charge is 0.355 e. The molecule has 26 heavy (non-hydrogen) atoms. The van der Waals surface area contributed by atoms with Gasteiger partial charge in [0.25, 0.3) is 0 Å². The van der Waals surface area contributed by atoms with Gasteiger partial charge >= 0.3 is 0 Å². The molecule has 2 atom stereocenters. The van der Waals surface area contributed by atoms with Crippen LogP contribution < -0.4 is 16.4 Å². The molecule has 6 heteroatoms. The van der Waals surface area contributed by atoms with E-state index in [1.807, 2.05) is 37.3 Å². The molecule has 0 aliphatic heterocycles. The van der Waals surface area contributed by atoms with E-state index in [0.29, 0.717) is 10.7 Å². The Hall–Kier alpha value is -2.37. The molecule has 2 amide bonds. The summed E-state index contributed by atoms with van der Waals surface area (Å²) in [4.78, 5) is 24.3. The standard InChI is InChI=1S/C20H24ClN3O2/c1-13-16(21)9-6-10-17(13)24-18(25)11-12-23-20(26)14(2)19(22)15-7-4-3-5-8-15/h3-10,14,19H,11-12,22H2,1-2H3,(H,23,26)(H,24,25). The van der Waals surface area contributed by atoms with Crippen molar-refractivity contribution in [3.05, 3.63) is 64.7 Å². The highest BCUT2D eigenvalue weighted by molar-refractivity contribution is 6.31. The summed E-state index contributed by atoms with van der Waals surface area (Å²) in [5.74, 6) is -0.751. The van der Waals surface area contributed by atoms with E-state index >= 15 is 0 Å². The average molecular weight is 374 g/mol. The normalized spacial score (nSPS) is 12.9. The minimum absolute atomic E-state index is 0.172. The first kappa shape index (κ1) is 19.9. The molecule has 0 saturated heterocycles. The monoisotopic (exact) mass is 373 g/mol. The smallest absolute Gasteiger partial charge is 0.226 e.